The van der Waals surface area contributed by atoms with Crippen LogP contribution < -0.4 is 5.32 Å². The van der Waals surface area contributed by atoms with Crippen molar-refractivity contribution in [3.63, 3.8) is 0 Å². The van der Waals surface area contributed by atoms with Crippen molar-refractivity contribution in [2.24, 2.45) is 0 Å². The first-order valence-electron chi connectivity index (χ1n) is 7.20. The van der Waals surface area contributed by atoms with Crippen LogP contribution in [0.25, 0.3) is 0 Å². The summed E-state index contributed by atoms with van der Waals surface area (Å²) < 4.78 is 11.3. The molecule has 1 saturated heterocycles. The monoisotopic (exact) mass is 263 g/mol. The Hall–Kier alpha value is -0.900. The van der Waals surface area contributed by atoms with Crippen molar-refractivity contribution in [2.45, 2.75) is 39.3 Å². The zero-order chi connectivity index (χ0) is 13.7. The normalized spacial score (nSPS) is 20.7. The summed E-state index contributed by atoms with van der Waals surface area (Å²) in [6.45, 7) is 9.67. The van der Waals surface area contributed by atoms with Gasteiger partial charge in [-0.3, -0.25) is 0 Å². The predicted octanol–water partition coefficient (Wildman–Crippen LogP) is 2.76. The van der Waals surface area contributed by atoms with Crippen molar-refractivity contribution in [3.05, 3.63) is 34.9 Å². The number of rotatable bonds is 6. The third-order valence-electron chi connectivity index (χ3n) is 3.64. The van der Waals surface area contributed by atoms with E-state index in [9.17, 15) is 0 Å². The molecule has 0 bridgehead atoms. The van der Waals surface area contributed by atoms with E-state index in [1.807, 2.05) is 0 Å². The molecule has 0 saturated carbocycles. The maximum absolute atomic E-state index is 5.97. The third-order valence-corrected chi connectivity index (χ3v) is 3.64. The first-order valence-corrected chi connectivity index (χ1v) is 7.20. The second-order valence-electron chi connectivity index (χ2n) is 5.29. The Bertz CT molecular complexity index is 400. The van der Waals surface area contributed by atoms with E-state index in [0.717, 1.165) is 26.2 Å². The average molecular weight is 263 g/mol. The molecule has 1 heterocycles. The minimum absolute atomic E-state index is 0.270. The summed E-state index contributed by atoms with van der Waals surface area (Å²) in [5.41, 5.74) is 3.98. The second-order valence-corrected chi connectivity index (χ2v) is 5.29. The molecule has 0 aliphatic carbocycles. The van der Waals surface area contributed by atoms with E-state index >= 15 is 0 Å². The zero-order valence-corrected chi connectivity index (χ0v) is 12.2. The van der Waals surface area contributed by atoms with E-state index in [1.54, 1.807) is 0 Å². The van der Waals surface area contributed by atoms with Gasteiger partial charge in [0.15, 0.2) is 0 Å². The molecular weight excluding hydrogens is 238 g/mol. The van der Waals surface area contributed by atoms with Gasteiger partial charge in [0.05, 0.1) is 25.4 Å². The third kappa shape index (κ3) is 4.03. The van der Waals surface area contributed by atoms with Crippen LogP contribution in [0.4, 0.5) is 0 Å². The topological polar surface area (TPSA) is 30.5 Å². The molecule has 1 N–H and O–H groups in total. The molecule has 19 heavy (non-hydrogen) atoms. The Morgan fingerprint density at radius 2 is 2.26 bits per heavy atom. The molecular formula is C16H25NO2. The van der Waals surface area contributed by atoms with Crippen LogP contribution in [0.3, 0.4) is 0 Å². The van der Waals surface area contributed by atoms with E-state index in [1.165, 1.54) is 16.7 Å². The number of hydrogen-bond acceptors (Lipinski definition) is 3. The van der Waals surface area contributed by atoms with Crippen molar-refractivity contribution in [3.8, 4) is 0 Å². The minimum Gasteiger partial charge on any atom is -0.379 e. The highest BCUT2D eigenvalue weighted by atomic mass is 16.5. The van der Waals surface area contributed by atoms with E-state index in [4.69, 9.17) is 9.47 Å². The lowest BCUT2D eigenvalue weighted by Crippen LogP contribution is -2.28. The fourth-order valence-electron chi connectivity index (χ4n) is 2.60. The molecule has 1 aromatic rings. The number of nitrogens with one attached hydrogen (secondary N) is 1. The fraction of sp³-hybridized carbons (Fsp3) is 0.625. The summed E-state index contributed by atoms with van der Waals surface area (Å²) in [7, 11) is 0. The van der Waals surface area contributed by atoms with E-state index in [2.05, 4.69) is 44.3 Å². The molecule has 0 spiro atoms. The molecule has 1 aliphatic rings. The highest BCUT2D eigenvalue weighted by molar-refractivity contribution is 5.32. The summed E-state index contributed by atoms with van der Waals surface area (Å²) in [5, 5.41) is 3.52. The van der Waals surface area contributed by atoms with Gasteiger partial charge in [-0.05, 0) is 37.9 Å². The lowest BCUT2D eigenvalue weighted by molar-refractivity contribution is 0.0299. The number of likely N-dealkylation sites (N-methyl/N-ethyl adjacent to an activating group) is 1. The molecule has 0 radical (unpaired) electrons. The van der Waals surface area contributed by atoms with Crippen molar-refractivity contribution >= 4 is 0 Å². The summed E-state index contributed by atoms with van der Waals surface area (Å²) >= 11 is 0. The summed E-state index contributed by atoms with van der Waals surface area (Å²) in [5.74, 6) is 0. The molecule has 106 valence electrons. The number of aryl methyl sites for hydroxylation is 2. The van der Waals surface area contributed by atoms with Crippen molar-refractivity contribution < 1.29 is 9.47 Å². The Kier molecular flexibility index (Phi) is 5.37. The lowest BCUT2D eigenvalue weighted by Gasteiger charge is -2.22. The van der Waals surface area contributed by atoms with Crippen LogP contribution in [0.15, 0.2) is 18.2 Å². The van der Waals surface area contributed by atoms with Crippen LogP contribution in [0, 0.1) is 13.8 Å². The van der Waals surface area contributed by atoms with Gasteiger partial charge in [0.1, 0.15) is 0 Å². The number of benzene rings is 1. The lowest BCUT2D eigenvalue weighted by atomic mass is 9.99. The zero-order valence-electron chi connectivity index (χ0n) is 12.2. The Labute approximate surface area is 116 Å². The molecule has 1 aromatic carbocycles. The SMILES string of the molecule is CCNC(COC1CCOC1)c1ccc(C)cc1C. The molecule has 2 rings (SSSR count). The fourth-order valence-corrected chi connectivity index (χ4v) is 2.60. The maximum Gasteiger partial charge on any atom is 0.0831 e. The van der Waals surface area contributed by atoms with Gasteiger partial charge < -0.3 is 14.8 Å². The van der Waals surface area contributed by atoms with Crippen LogP contribution in [0.2, 0.25) is 0 Å². The van der Waals surface area contributed by atoms with Gasteiger partial charge in [-0.2, -0.15) is 0 Å². The van der Waals surface area contributed by atoms with Gasteiger partial charge >= 0.3 is 0 Å². The van der Waals surface area contributed by atoms with Crippen molar-refractivity contribution in [1.82, 2.24) is 5.32 Å². The van der Waals surface area contributed by atoms with Crippen molar-refractivity contribution in [2.75, 3.05) is 26.4 Å². The number of hydrogen-bond donors (Lipinski definition) is 1. The molecule has 1 fully saturated rings. The summed E-state index contributed by atoms with van der Waals surface area (Å²) in [6, 6.07) is 6.89. The van der Waals surface area contributed by atoms with Gasteiger partial charge in [0.2, 0.25) is 0 Å². The van der Waals surface area contributed by atoms with Gasteiger partial charge in [0.25, 0.3) is 0 Å². The first kappa shape index (κ1) is 14.5. The quantitative estimate of drug-likeness (QED) is 0.856. The minimum atomic E-state index is 0.270. The molecule has 1 aliphatic heterocycles. The smallest absolute Gasteiger partial charge is 0.0831 e. The van der Waals surface area contributed by atoms with Crippen LogP contribution in [0.5, 0.6) is 0 Å². The van der Waals surface area contributed by atoms with Crippen LogP contribution in [-0.2, 0) is 9.47 Å². The van der Waals surface area contributed by atoms with Gasteiger partial charge in [-0.1, -0.05) is 30.7 Å². The molecule has 3 heteroatoms. The van der Waals surface area contributed by atoms with Crippen LogP contribution >= 0.6 is 0 Å². The van der Waals surface area contributed by atoms with Crippen LogP contribution in [0.1, 0.15) is 36.1 Å². The molecule has 0 aromatic heterocycles. The molecule has 0 amide bonds. The Morgan fingerprint density at radius 3 is 2.89 bits per heavy atom. The summed E-state index contributed by atoms with van der Waals surface area (Å²) in [4.78, 5) is 0. The van der Waals surface area contributed by atoms with E-state index in [-0.39, 0.29) is 12.1 Å². The summed E-state index contributed by atoms with van der Waals surface area (Å²) in [6.07, 6.45) is 1.29. The van der Waals surface area contributed by atoms with Gasteiger partial charge in [-0.15, -0.1) is 0 Å². The largest absolute Gasteiger partial charge is 0.379 e. The average Bonchev–Trinajstić information content (AvgIpc) is 2.88. The number of ether oxygens (including phenoxy) is 2. The van der Waals surface area contributed by atoms with E-state index < -0.39 is 0 Å². The standard InChI is InChI=1S/C16H25NO2/c1-4-17-16(11-19-14-7-8-18-10-14)15-6-5-12(2)9-13(15)3/h5-6,9,14,16-17H,4,7-8,10-11H2,1-3H3. The molecule has 3 nitrogen and oxygen atoms in total. The Morgan fingerprint density at radius 1 is 1.42 bits per heavy atom. The van der Waals surface area contributed by atoms with Gasteiger partial charge in [0, 0.05) is 6.61 Å². The predicted molar refractivity (Wildman–Crippen MR) is 77.5 cm³/mol. The van der Waals surface area contributed by atoms with Crippen LogP contribution in [-0.4, -0.2) is 32.5 Å². The van der Waals surface area contributed by atoms with E-state index in [0.29, 0.717) is 6.61 Å². The first-order chi connectivity index (χ1) is 9.20. The highest BCUT2D eigenvalue weighted by Gasteiger charge is 2.19. The highest BCUT2D eigenvalue weighted by Crippen LogP contribution is 2.21. The Balaban J connectivity index is 2.01. The molecule has 2 unspecified atom stereocenters. The maximum atomic E-state index is 5.97. The van der Waals surface area contributed by atoms with Crippen molar-refractivity contribution in [1.29, 1.82) is 0 Å². The molecule has 2 atom stereocenters. The second kappa shape index (κ2) is 7.04. The van der Waals surface area contributed by atoms with Gasteiger partial charge in [-0.25, -0.2) is 0 Å².